The molecule has 2 aromatic rings. The van der Waals surface area contributed by atoms with Crippen molar-refractivity contribution < 1.29 is 0 Å². The zero-order valence-corrected chi connectivity index (χ0v) is 13.5. The molecule has 19 heavy (non-hydrogen) atoms. The van der Waals surface area contributed by atoms with Gasteiger partial charge in [0.2, 0.25) is 0 Å². The lowest BCUT2D eigenvalue weighted by Crippen LogP contribution is -2.14. The Labute approximate surface area is 123 Å². The third-order valence-corrected chi connectivity index (χ3v) is 5.53. The Morgan fingerprint density at radius 2 is 1.84 bits per heavy atom. The van der Waals surface area contributed by atoms with Crippen molar-refractivity contribution in [2.75, 3.05) is 0 Å². The van der Waals surface area contributed by atoms with Crippen LogP contribution < -0.4 is 0 Å². The highest BCUT2D eigenvalue weighted by Gasteiger charge is 2.21. The van der Waals surface area contributed by atoms with E-state index in [-0.39, 0.29) is 0 Å². The number of hydrogen-bond donors (Lipinski definition) is 0. The summed E-state index contributed by atoms with van der Waals surface area (Å²) in [6, 6.07) is 2.91. The summed E-state index contributed by atoms with van der Waals surface area (Å²) in [5.41, 5.74) is 5.13. The fourth-order valence-corrected chi connectivity index (χ4v) is 4.06. The first-order chi connectivity index (χ1) is 9.09. The van der Waals surface area contributed by atoms with Crippen LogP contribution in [0.3, 0.4) is 0 Å². The molecule has 3 rings (SSSR count). The molecule has 0 unspecified atom stereocenters. The number of rotatable bonds is 1. The van der Waals surface area contributed by atoms with Crippen LogP contribution in [0.4, 0.5) is 0 Å². The van der Waals surface area contributed by atoms with E-state index in [1.165, 1.54) is 58.6 Å². The zero-order valence-electron chi connectivity index (χ0n) is 12.0. The number of nitrogens with zero attached hydrogens (tertiary/aromatic N) is 2. The first-order valence-electron chi connectivity index (χ1n) is 7.24. The fraction of sp³-hybridized carbons (Fsp3) is 0.562. The minimum absolute atomic E-state index is 0.596. The van der Waals surface area contributed by atoms with Crippen LogP contribution in [0.25, 0.3) is 10.9 Å². The Hall–Kier alpha value is -0.830. The first kappa shape index (κ1) is 13.2. The van der Waals surface area contributed by atoms with E-state index in [2.05, 4.69) is 47.4 Å². The van der Waals surface area contributed by atoms with E-state index in [0.29, 0.717) is 6.04 Å². The van der Waals surface area contributed by atoms with Gasteiger partial charge in [0.1, 0.15) is 0 Å². The molecule has 0 aliphatic heterocycles. The lowest BCUT2D eigenvalue weighted by atomic mass is 9.95. The van der Waals surface area contributed by atoms with Crippen molar-refractivity contribution >= 4 is 26.8 Å². The van der Waals surface area contributed by atoms with E-state index in [1.54, 1.807) is 0 Å². The predicted octanol–water partition coefficient (Wildman–Crippen LogP) is 5.23. The Balaban J connectivity index is 2.21. The molecule has 0 amide bonds. The molecular weight excluding hydrogens is 300 g/mol. The van der Waals surface area contributed by atoms with Crippen molar-refractivity contribution in [3.8, 4) is 0 Å². The number of aryl methyl sites for hydroxylation is 2. The zero-order chi connectivity index (χ0) is 13.6. The average molecular weight is 321 g/mol. The van der Waals surface area contributed by atoms with Crippen molar-refractivity contribution in [2.45, 2.75) is 58.9 Å². The van der Waals surface area contributed by atoms with Crippen LogP contribution in [0.1, 0.15) is 55.0 Å². The number of benzene rings is 1. The highest BCUT2D eigenvalue weighted by molar-refractivity contribution is 9.10. The topological polar surface area (TPSA) is 17.8 Å². The maximum atomic E-state index is 4.84. The number of halogens is 1. The van der Waals surface area contributed by atoms with E-state index in [9.17, 15) is 0 Å². The van der Waals surface area contributed by atoms with Gasteiger partial charge in [0, 0.05) is 9.86 Å². The van der Waals surface area contributed by atoms with E-state index in [1.807, 2.05) is 0 Å². The third kappa shape index (κ3) is 2.12. The van der Waals surface area contributed by atoms with Gasteiger partial charge in [0.15, 0.2) is 0 Å². The molecule has 1 aromatic heterocycles. The average Bonchev–Trinajstić information content (AvgIpc) is 2.74. The minimum atomic E-state index is 0.596. The minimum Gasteiger partial charge on any atom is -0.261 e. The summed E-state index contributed by atoms with van der Waals surface area (Å²) in [5, 5.41) is 6.14. The molecule has 1 saturated carbocycles. The fourth-order valence-electron chi connectivity index (χ4n) is 3.25. The summed E-state index contributed by atoms with van der Waals surface area (Å²) in [5.74, 6) is 0. The normalized spacial score (nSPS) is 17.3. The maximum absolute atomic E-state index is 4.84. The summed E-state index contributed by atoms with van der Waals surface area (Å²) < 4.78 is 3.52. The van der Waals surface area contributed by atoms with Gasteiger partial charge >= 0.3 is 0 Å². The van der Waals surface area contributed by atoms with Crippen LogP contribution >= 0.6 is 15.9 Å². The van der Waals surface area contributed by atoms with E-state index in [0.717, 1.165) is 5.69 Å². The van der Waals surface area contributed by atoms with Gasteiger partial charge < -0.3 is 0 Å². The summed E-state index contributed by atoms with van der Waals surface area (Å²) in [6.45, 7) is 6.49. The highest BCUT2D eigenvalue weighted by Crippen LogP contribution is 2.36. The van der Waals surface area contributed by atoms with Gasteiger partial charge in [-0.2, -0.15) is 5.10 Å². The summed E-state index contributed by atoms with van der Waals surface area (Å²) in [4.78, 5) is 0. The predicted molar refractivity (Wildman–Crippen MR) is 83.8 cm³/mol. The van der Waals surface area contributed by atoms with Gasteiger partial charge in [0.05, 0.1) is 17.3 Å². The van der Waals surface area contributed by atoms with Gasteiger partial charge in [-0.1, -0.05) is 19.3 Å². The van der Waals surface area contributed by atoms with E-state index in [4.69, 9.17) is 5.10 Å². The Kier molecular flexibility index (Phi) is 3.42. The molecule has 0 bridgehead atoms. The molecule has 0 N–H and O–H groups in total. The smallest absolute Gasteiger partial charge is 0.0702 e. The molecule has 0 saturated heterocycles. The number of fused-ring (bicyclic) bond motifs is 1. The summed E-state index contributed by atoms with van der Waals surface area (Å²) in [6.07, 6.45) is 6.63. The van der Waals surface area contributed by atoms with Gasteiger partial charge in [-0.3, -0.25) is 4.68 Å². The van der Waals surface area contributed by atoms with Crippen LogP contribution in [0.2, 0.25) is 0 Å². The molecule has 0 spiro atoms. The van der Waals surface area contributed by atoms with Crippen LogP contribution in [-0.4, -0.2) is 9.78 Å². The number of hydrogen-bond acceptors (Lipinski definition) is 1. The van der Waals surface area contributed by atoms with Crippen molar-refractivity contribution in [1.29, 1.82) is 0 Å². The van der Waals surface area contributed by atoms with Crippen LogP contribution in [0.15, 0.2) is 10.5 Å². The molecule has 0 atom stereocenters. The summed E-state index contributed by atoms with van der Waals surface area (Å²) in [7, 11) is 0. The standard InChI is InChI=1S/C16H21BrN2/c1-10-9-14-15(16(17)11(10)2)12(3)18-19(14)13-7-5-4-6-8-13/h9,13H,4-8H2,1-3H3. The molecule has 0 radical (unpaired) electrons. The second kappa shape index (κ2) is 4.93. The monoisotopic (exact) mass is 320 g/mol. The molecule has 102 valence electrons. The molecule has 1 heterocycles. The van der Waals surface area contributed by atoms with Gasteiger partial charge in [-0.25, -0.2) is 0 Å². The second-order valence-electron chi connectivity index (χ2n) is 5.85. The largest absolute Gasteiger partial charge is 0.261 e. The van der Waals surface area contributed by atoms with Crippen LogP contribution in [-0.2, 0) is 0 Å². The molecule has 1 aromatic carbocycles. The van der Waals surface area contributed by atoms with Gasteiger partial charge in [-0.15, -0.1) is 0 Å². The highest BCUT2D eigenvalue weighted by atomic mass is 79.9. The van der Waals surface area contributed by atoms with Crippen molar-refractivity contribution in [3.63, 3.8) is 0 Å². The van der Waals surface area contributed by atoms with Crippen LogP contribution in [0.5, 0.6) is 0 Å². The first-order valence-corrected chi connectivity index (χ1v) is 8.03. The van der Waals surface area contributed by atoms with E-state index >= 15 is 0 Å². The molecule has 3 heteroatoms. The van der Waals surface area contributed by atoms with Crippen molar-refractivity contribution in [3.05, 3.63) is 27.4 Å². The van der Waals surface area contributed by atoms with Crippen molar-refractivity contribution in [1.82, 2.24) is 9.78 Å². The second-order valence-corrected chi connectivity index (χ2v) is 6.64. The van der Waals surface area contributed by atoms with Crippen molar-refractivity contribution in [2.24, 2.45) is 0 Å². The third-order valence-electron chi connectivity index (χ3n) is 4.54. The summed E-state index contributed by atoms with van der Waals surface area (Å²) >= 11 is 3.77. The molecule has 1 aliphatic rings. The quantitative estimate of drug-likeness (QED) is 0.703. The number of aromatic nitrogens is 2. The molecule has 1 fully saturated rings. The maximum Gasteiger partial charge on any atom is 0.0702 e. The van der Waals surface area contributed by atoms with E-state index < -0.39 is 0 Å². The van der Waals surface area contributed by atoms with Gasteiger partial charge in [0.25, 0.3) is 0 Å². The lowest BCUT2D eigenvalue weighted by Gasteiger charge is -2.23. The SMILES string of the molecule is Cc1cc2c(c(C)nn2C2CCCCC2)c(Br)c1C. The molecule has 2 nitrogen and oxygen atoms in total. The molecular formula is C16H21BrN2. The van der Waals surface area contributed by atoms with Gasteiger partial charge in [-0.05, 0) is 66.7 Å². The Bertz CT molecular complexity index is 621. The Morgan fingerprint density at radius 3 is 2.53 bits per heavy atom. The lowest BCUT2D eigenvalue weighted by molar-refractivity contribution is 0.336. The Morgan fingerprint density at radius 1 is 1.16 bits per heavy atom. The van der Waals surface area contributed by atoms with Crippen LogP contribution in [0, 0.1) is 20.8 Å². The molecule has 1 aliphatic carbocycles.